The lowest BCUT2D eigenvalue weighted by molar-refractivity contribution is -0.253. The van der Waals surface area contributed by atoms with Gasteiger partial charge in [0.25, 0.3) is 5.91 Å². The van der Waals surface area contributed by atoms with E-state index in [9.17, 15) is 19.8 Å². The molecule has 0 aliphatic carbocycles. The van der Waals surface area contributed by atoms with Crippen LogP contribution in [0.15, 0.2) is 72.8 Å². The number of carbonyl (C=O) groups is 2. The van der Waals surface area contributed by atoms with Gasteiger partial charge in [-0.2, -0.15) is 0 Å². The highest BCUT2D eigenvalue weighted by molar-refractivity contribution is 6.30. The van der Waals surface area contributed by atoms with Gasteiger partial charge in [-0.1, -0.05) is 60.1 Å². The Morgan fingerprint density at radius 3 is 2.41 bits per heavy atom. The molecule has 3 aromatic rings. The van der Waals surface area contributed by atoms with E-state index >= 15 is 0 Å². The van der Waals surface area contributed by atoms with Crippen molar-refractivity contribution in [2.24, 2.45) is 0 Å². The number of aliphatic hydroxyl groups is 2. The van der Waals surface area contributed by atoms with Gasteiger partial charge in [0.2, 0.25) is 0 Å². The van der Waals surface area contributed by atoms with E-state index in [0.29, 0.717) is 49.6 Å². The monoisotopic (exact) mass is 622 g/mol. The first kappa shape index (κ1) is 32.1. The van der Waals surface area contributed by atoms with Crippen LogP contribution >= 0.6 is 11.6 Å². The molecule has 2 aliphatic rings. The van der Waals surface area contributed by atoms with Crippen LogP contribution in [0.25, 0.3) is 0 Å². The first-order chi connectivity index (χ1) is 21.1. The van der Waals surface area contributed by atoms with Crippen LogP contribution < -0.4 is 5.32 Å². The normalized spacial score (nSPS) is 22.6. The van der Waals surface area contributed by atoms with Gasteiger partial charge in [-0.05, 0) is 60.7 Å². The summed E-state index contributed by atoms with van der Waals surface area (Å²) in [4.78, 5) is 26.1. The average molecular weight is 623 g/mol. The molecule has 9 nitrogen and oxygen atoms in total. The van der Waals surface area contributed by atoms with Crippen LogP contribution in [0.4, 0.5) is 5.69 Å². The van der Waals surface area contributed by atoms with Gasteiger partial charge < -0.3 is 34.6 Å². The van der Waals surface area contributed by atoms with Crippen LogP contribution in [0, 0.1) is 0 Å². The summed E-state index contributed by atoms with van der Waals surface area (Å²) in [7, 11) is 0. The fourth-order valence-corrected chi connectivity index (χ4v) is 5.91. The lowest BCUT2D eigenvalue weighted by Crippen LogP contribution is -2.46. The molecule has 0 unspecified atom stereocenters. The van der Waals surface area contributed by atoms with Gasteiger partial charge in [0.05, 0.1) is 24.4 Å². The number of carbonyl (C=O) groups excluding carboxylic acids is 2. The van der Waals surface area contributed by atoms with Crippen molar-refractivity contribution in [3.63, 3.8) is 0 Å². The van der Waals surface area contributed by atoms with E-state index in [4.69, 9.17) is 25.8 Å². The minimum atomic E-state index is -0.934. The molecule has 0 spiro atoms. The number of nitrogens with zero attached hydrogens (tertiary/aromatic N) is 1. The van der Waals surface area contributed by atoms with Crippen LogP contribution in [0.5, 0.6) is 0 Å². The Bertz CT molecular complexity index is 1420. The summed E-state index contributed by atoms with van der Waals surface area (Å²) >= 11 is 6.05. The van der Waals surface area contributed by atoms with Gasteiger partial charge in [-0.25, -0.2) is 0 Å². The minimum Gasteiger partial charge on any atom is -0.453 e. The van der Waals surface area contributed by atoms with Gasteiger partial charge in [0, 0.05) is 49.3 Å². The number of hydrogen-bond acceptors (Lipinski definition) is 8. The molecule has 44 heavy (non-hydrogen) atoms. The molecule has 2 fully saturated rings. The van der Waals surface area contributed by atoms with E-state index in [2.05, 4.69) is 10.2 Å². The average Bonchev–Trinajstić information content (AvgIpc) is 3.02. The van der Waals surface area contributed by atoms with Crippen LogP contribution in [0.1, 0.15) is 67.8 Å². The van der Waals surface area contributed by atoms with Crippen molar-refractivity contribution in [2.45, 2.75) is 69.9 Å². The van der Waals surface area contributed by atoms with Gasteiger partial charge in [-0.15, -0.1) is 0 Å². The third kappa shape index (κ3) is 8.04. The van der Waals surface area contributed by atoms with Crippen molar-refractivity contribution >= 4 is 29.2 Å². The van der Waals surface area contributed by atoms with Crippen LogP contribution in [-0.2, 0) is 36.0 Å². The second-order valence-corrected chi connectivity index (χ2v) is 12.0. The van der Waals surface area contributed by atoms with E-state index in [1.807, 2.05) is 60.7 Å². The third-order valence-electron chi connectivity index (χ3n) is 8.28. The predicted molar refractivity (Wildman–Crippen MR) is 166 cm³/mol. The van der Waals surface area contributed by atoms with Gasteiger partial charge >= 0.3 is 5.97 Å². The lowest BCUT2D eigenvalue weighted by Gasteiger charge is -2.42. The molecule has 0 bridgehead atoms. The zero-order valence-corrected chi connectivity index (χ0v) is 25.7. The smallest absolute Gasteiger partial charge is 0.303 e. The second kappa shape index (κ2) is 14.2. The number of hydrogen-bond donors (Lipinski definition) is 3. The fraction of sp³-hybridized carbons (Fsp3) is 0.412. The molecule has 4 atom stereocenters. The quantitative estimate of drug-likeness (QED) is 0.277. The zero-order chi connectivity index (χ0) is 31.3. The highest BCUT2D eigenvalue weighted by Gasteiger charge is 2.37. The van der Waals surface area contributed by atoms with E-state index in [1.54, 1.807) is 12.1 Å². The van der Waals surface area contributed by atoms with Crippen molar-refractivity contribution in [1.29, 1.82) is 0 Å². The molecule has 234 valence electrons. The lowest BCUT2D eigenvalue weighted by atomic mass is 9.84. The summed E-state index contributed by atoms with van der Waals surface area (Å²) in [6.45, 7) is 4.83. The Hall–Kier alpha value is -3.31. The van der Waals surface area contributed by atoms with Crippen molar-refractivity contribution in [2.75, 3.05) is 25.0 Å². The van der Waals surface area contributed by atoms with Crippen LogP contribution in [0.3, 0.4) is 0 Å². The molecule has 0 saturated carbocycles. The minimum absolute atomic E-state index is 0.0356. The first-order valence-electron chi connectivity index (χ1n) is 14.9. The molecule has 3 N–H and O–H groups in total. The fourth-order valence-electron chi connectivity index (χ4n) is 5.78. The Kier molecular flexibility index (Phi) is 10.4. The summed E-state index contributed by atoms with van der Waals surface area (Å²) in [5.74, 6) is -0.968. The number of anilines is 1. The molecule has 2 heterocycles. The Morgan fingerprint density at radius 1 is 1.05 bits per heavy atom. The van der Waals surface area contributed by atoms with E-state index in [-0.39, 0.29) is 18.8 Å². The number of aliphatic hydroxyl groups excluding tert-OH is 1. The topological polar surface area (TPSA) is 118 Å². The Morgan fingerprint density at radius 2 is 1.75 bits per heavy atom. The number of halogens is 1. The maximum Gasteiger partial charge on any atom is 0.303 e. The molecule has 3 aromatic carbocycles. The summed E-state index contributed by atoms with van der Waals surface area (Å²) in [6, 6.07) is 22.4. The van der Waals surface area contributed by atoms with Crippen molar-refractivity contribution in [3.8, 4) is 0 Å². The number of esters is 1. The third-order valence-corrected chi connectivity index (χ3v) is 8.53. The molecular weight excluding hydrogens is 584 g/mol. The van der Waals surface area contributed by atoms with Crippen molar-refractivity contribution < 1.29 is 34.0 Å². The van der Waals surface area contributed by atoms with Crippen LogP contribution in [-0.4, -0.2) is 58.8 Å². The molecule has 1 amide bonds. The number of nitrogens with one attached hydrogen (secondary N) is 1. The SMILES string of the molecule is CC(=O)O[C@@H](C)C(=O)Nc1cccc([C@H]2O[C@@H](CN3CCC(O)(c4ccc(Cl)cc4)CC3)C[C@@H](c3ccc(CO)cc3)O2)c1. The number of ether oxygens (including phenoxy) is 3. The molecule has 0 radical (unpaired) electrons. The second-order valence-electron chi connectivity index (χ2n) is 11.6. The van der Waals surface area contributed by atoms with E-state index in [0.717, 1.165) is 22.3 Å². The van der Waals surface area contributed by atoms with E-state index in [1.165, 1.54) is 13.8 Å². The highest BCUT2D eigenvalue weighted by Crippen LogP contribution is 2.40. The van der Waals surface area contributed by atoms with Crippen LogP contribution in [0.2, 0.25) is 5.02 Å². The molecule has 0 aromatic heterocycles. The van der Waals surface area contributed by atoms with Crippen molar-refractivity contribution in [3.05, 3.63) is 100 Å². The number of likely N-dealkylation sites (tertiary alicyclic amines) is 1. The predicted octanol–water partition coefficient (Wildman–Crippen LogP) is 5.25. The standard InChI is InChI=1S/C34H39ClN2O7/c1-22(42-23(2)39)32(40)36-29-5-3-4-26(18-29)33-43-30(19-31(44-33)25-8-6-24(21-38)7-9-25)20-37-16-14-34(41,15-17-37)27-10-12-28(35)13-11-27/h3-13,18,22,30-31,33,38,41H,14-17,19-21H2,1-2H3,(H,36,40)/t22-,30+,31-,33-/m0/s1. The van der Waals surface area contributed by atoms with Gasteiger partial charge in [0.15, 0.2) is 12.4 Å². The maximum atomic E-state index is 12.6. The molecule has 2 aliphatic heterocycles. The van der Waals surface area contributed by atoms with E-state index < -0.39 is 29.9 Å². The Balaban J connectivity index is 1.30. The summed E-state index contributed by atoms with van der Waals surface area (Å²) in [5, 5.41) is 24.3. The zero-order valence-electron chi connectivity index (χ0n) is 24.9. The number of amides is 1. The van der Waals surface area contributed by atoms with Crippen molar-refractivity contribution in [1.82, 2.24) is 4.90 Å². The number of piperidine rings is 1. The Labute approximate surface area is 262 Å². The number of benzene rings is 3. The number of rotatable bonds is 9. The summed E-state index contributed by atoms with van der Waals surface area (Å²) in [6.07, 6.45) is -0.235. The molecule has 10 heteroatoms. The summed E-state index contributed by atoms with van der Waals surface area (Å²) < 4.78 is 18.0. The van der Waals surface area contributed by atoms with Gasteiger partial charge in [-0.3, -0.25) is 9.59 Å². The molecule has 2 saturated heterocycles. The summed E-state index contributed by atoms with van der Waals surface area (Å²) in [5.41, 5.74) is 3.06. The molecule has 5 rings (SSSR count). The first-order valence-corrected chi connectivity index (χ1v) is 15.3. The van der Waals surface area contributed by atoms with Gasteiger partial charge in [0.1, 0.15) is 0 Å². The maximum absolute atomic E-state index is 12.6. The largest absolute Gasteiger partial charge is 0.453 e. The molecular formula is C34H39ClN2O7. The highest BCUT2D eigenvalue weighted by atomic mass is 35.5.